The summed E-state index contributed by atoms with van der Waals surface area (Å²) in [5.41, 5.74) is 2.25. The van der Waals surface area contributed by atoms with E-state index >= 15 is 0 Å². The van der Waals surface area contributed by atoms with Crippen LogP contribution in [0.4, 0.5) is 10.5 Å². The van der Waals surface area contributed by atoms with E-state index in [9.17, 15) is 9.90 Å². The number of benzene rings is 1. The molecule has 3 N–H and O–H groups in total. The number of carbonyl (C=O) groups is 1. The Morgan fingerprint density at radius 1 is 1.29 bits per heavy atom. The highest BCUT2D eigenvalue weighted by Gasteiger charge is 2.20. The van der Waals surface area contributed by atoms with Crippen LogP contribution in [0.25, 0.3) is 0 Å². The summed E-state index contributed by atoms with van der Waals surface area (Å²) in [4.78, 5) is 12.1. The van der Waals surface area contributed by atoms with Gasteiger partial charge in [0.2, 0.25) is 0 Å². The molecule has 1 atom stereocenters. The van der Waals surface area contributed by atoms with E-state index in [1.54, 1.807) is 18.7 Å². The van der Waals surface area contributed by atoms with Gasteiger partial charge in [0, 0.05) is 18.0 Å². The third kappa shape index (κ3) is 5.59. The molecule has 5 heteroatoms. The molecular weight excluding hydrogens is 284 g/mol. The molecule has 0 aliphatic rings. The van der Waals surface area contributed by atoms with Crippen LogP contribution in [0.2, 0.25) is 0 Å². The fourth-order valence-corrected chi connectivity index (χ4v) is 2.92. The van der Waals surface area contributed by atoms with Crippen molar-refractivity contribution in [2.75, 3.05) is 23.9 Å². The first-order valence-electron chi connectivity index (χ1n) is 7.30. The van der Waals surface area contributed by atoms with Crippen LogP contribution in [-0.4, -0.2) is 35.3 Å². The fraction of sp³-hybridized carbons (Fsp3) is 0.562. The second-order valence-electron chi connectivity index (χ2n) is 5.40. The van der Waals surface area contributed by atoms with Crippen molar-refractivity contribution in [3.8, 4) is 0 Å². The van der Waals surface area contributed by atoms with E-state index in [1.165, 1.54) is 0 Å². The number of hydrogen-bond donors (Lipinski definition) is 3. The lowest BCUT2D eigenvalue weighted by Gasteiger charge is -2.23. The summed E-state index contributed by atoms with van der Waals surface area (Å²) in [6.45, 7) is 6.10. The summed E-state index contributed by atoms with van der Waals surface area (Å²) in [5, 5.41) is 15.7. The highest BCUT2D eigenvalue weighted by atomic mass is 32.2. The van der Waals surface area contributed by atoms with Crippen molar-refractivity contribution in [1.82, 2.24) is 5.32 Å². The van der Waals surface area contributed by atoms with Gasteiger partial charge in [-0.05, 0) is 37.1 Å². The zero-order valence-electron chi connectivity index (χ0n) is 13.3. The minimum absolute atomic E-state index is 0.232. The zero-order valence-corrected chi connectivity index (χ0v) is 14.1. The summed E-state index contributed by atoms with van der Waals surface area (Å²) in [7, 11) is 0. The monoisotopic (exact) mass is 310 g/mol. The van der Waals surface area contributed by atoms with Gasteiger partial charge in [-0.2, -0.15) is 11.8 Å². The Kier molecular flexibility index (Phi) is 7.05. The maximum atomic E-state index is 12.1. The summed E-state index contributed by atoms with van der Waals surface area (Å²) in [6.07, 6.45) is 3.67. The predicted molar refractivity (Wildman–Crippen MR) is 91.2 cm³/mol. The molecule has 0 fully saturated rings. The molecule has 0 saturated heterocycles. The smallest absolute Gasteiger partial charge is 0.319 e. The van der Waals surface area contributed by atoms with Crippen LogP contribution in [0, 0.1) is 0 Å². The molecular formula is C16H26N2O2S. The first-order chi connectivity index (χ1) is 9.93. The first-order valence-corrected chi connectivity index (χ1v) is 8.69. The molecule has 0 saturated carbocycles. The Bertz CT molecular complexity index is 453. The number of carbonyl (C=O) groups excluding carboxylic acids is 1. The van der Waals surface area contributed by atoms with Crippen molar-refractivity contribution in [3.05, 3.63) is 29.3 Å². The van der Waals surface area contributed by atoms with Crippen molar-refractivity contribution in [2.45, 2.75) is 39.2 Å². The molecule has 1 rings (SSSR count). The Morgan fingerprint density at radius 2 is 1.86 bits per heavy atom. The van der Waals surface area contributed by atoms with E-state index in [0.717, 1.165) is 29.7 Å². The van der Waals surface area contributed by atoms with Gasteiger partial charge >= 0.3 is 6.03 Å². The molecule has 2 amide bonds. The Hall–Kier alpha value is -1.20. The molecule has 0 aliphatic heterocycles. The Balaban J connectivity index is 2.71. The number of aryl methyl sites for hydroxylation is 2. The lowest BCUT2D eigenvalue weighted by atomic mass is 10.0. The SMILES string of the molecule is CCc1cccc(CC)c1NC(=O)NCC(C)(O)CSC. The number of anilines is 1. The summed E-state index contributed by atoms with van der Waals surface area (Å²) in [5.74, 6) is 0.582. The number of urea groups is 1. The molecule has 21 heavy (non-hydrogen) atoms. The number of nitrogens with one attached hydrogen (secondary N) is 2. The number of amides is 2. The van der Waals surface area contributed by atoms with Crippen LogP contribution in [0.5, 0.6) is 0 Å². The van der Waals surface area contributed by atoms with Gasteiger partial charge in [0.1, 0.15) is 0 Å². The van der Waals surface area contributed by atoms with E-state index in [0.29, 0.717) is 5.75 Å². The van der Waals surface area contributed by atoms with Crippen molar-refractivity contribution in [2.24, 2.45) is 0 Å². The summed E-state index contributed by atoms with van der Waals surface area (Å²) < 4.78 is 0. The van der Waals surface area contributed by atoms with E-state index in [1.807, 2.05) is 24.5 Å². The van der Waals surface area contributed by atoms with Crippen molar-refractivity contribution in [1.29, 1.82) is 0 Å². The van der Waals surface area contributed by atoms with Gasteiger partial charge in [0.05, 0.1) is 5.60 Å². The average Bonchev–Trinajstić information content (AvgIpc) is 2.45. The highest BCUT2D eigenvalue weighted by Crippen LogP contribution is 2.22. The molecule has 1 aromatic rings. The van der Waals surface area contributed by atoms with Gasteiger partial charge in [-0.1, -0.05) is 32.0 Å². The lowest BCUT2D eigenvalue weighted by Crippen LogP contribution is -2.44. The van der Waals surface area contributed by atoms with Crippen LogP contribution >= 0.6 is 11.8 Å². The quantitative estimate of drug-likeness (QED) is 0.725. The molecule has 0 radical (unpaired) electrons. The van der Waals surface area contributed by atoms with Crippen molar-refractivity contribution in [3.63, 3.8) is 0 Å². The molecule has 0 aliphatic carbocycles. The van der Waals surface area contributed by atoms with E-state index in [2.05, 4.69) is 24.5 Å². The zero-order chi connectivity index (χ0) is 15.9. The average molecular weight is 310 g/mol. The van der Waals surface area contributed by atoms with Gasteiger partial charge in [-0.15, -0.1) is 0 Å². The van der Waals surface area contributed by atoms with Gasteiger partial charge in [0.15, 0.2) is 0 Å². The molecule has 1 aromatic carbocycles. The standard InChI is InChI=1S/C16H26N2O2S/c1-5-12-8-7-9-13(6-2)14(12)18-15(19)17-10-16(3,20)11-21-4/h7-9,20H,5-6,10-11H2,1-4H3,(H2,17,18,19). The van der Waals surface area contributed by atoms with E-state index in [-0.39, 0.29) is 12.6 Å². The molecule has 0 spiro atoms. The maximum absolute atomic E-state index is 12.1. The molecule has 0 bridgehead atoms. The third-order valence-corrected chi connectivity index (χ3v) is 4.23. The van der Waals surface area contributed by atoms with Crippen LogP contribution in [0.3, 0.4) is 0 Å². The minimum Gasteiger partial charge on any atom is -0.387 e. The summed E-state index contributed by atoms with van der Waals surface area (Å²) >= 11 is 1.55. The second-order valence-corrected chi connectivity index (χ2v) is 6.26. The van der Waals surface area contributed by atoms with E-state index in [4.69, 9.17) is 0 Å². The molecule has 4 nitrogen and oxygen atoms in total. The number of rotatable bonds is 7. The van der Waals surface area contributed by atoms with E-state index < -0.39 is 5.60 Å². The van der Waals surface area contributed by atoms with Crippen molar-refractivity contribution >= 4 is 23.5 Å². The predicted octanol–water partition coefficient (Wildman–Crippen LogP) is 3.05. The number of para-hydroxylation sites is 1. The fourth-order valence-electron chi connectivity index (χ4n) is 2.19. The largest absolute Gasteiger partial charge is 0.387 e. The molecule has 1 unspecified atom stereocenters. The van der Waals surface area contributed by atoms with Gasteiger partial charge in [0.25, 0.3) is 0 Å². The van der Waals surface area contributed by atoms with Crippen LogP contribution in [0.15, 0.2) is 18.2 Å². The van der Waals surface area contributed by atoms with Gasteiger partial charge < -0.3 is 15.7 Å². The highest BCUT2D eigenvalue weighted by molar-refractivity contribution is 7.98. The maximum Gasteiger partial charge on any atom is 0.319 e. The summed E-state index contributed by atoms with van der Waals surface area (Å²) in [6, 6.07) is 5.80. The number of aliphatic hydroxyl groups is 1. The van der Waals surface area contributed by atoms with Crippen LogP contribution in [0.1, 0.15) is 31.9 Å². The van der Waals surface area contributed by atoms with Crippen molar-refractivity contribution < 1.29 is 9.90 Å². The van der Waals surface area contributed by atoms with Crippen LogP contribution < -0.4 is 10.6 Å². The van der Waals surface area contributed by atoms with Gasteiger partial charge in [-0.3, -0.25) is 0 Å². The van der Waals surface area contributed by atoms with Gasteiger partial charge in [-0.25, -0.2) is 4.79 Å². The number of hydrogen-bond acceptors (Lipinski definition) is 3. The minimum atomic E-state index is -0.894. The molecule has 0 heterocycles. The first kappa shape index (κ1) is 17.9. The van der Waals surface area contributed by atoms with Crippen LogP contribution in [-0.2, 0) is 12.8 Å². The number of thioether (sulfide) groups is 1. The Labute approximate surface area is 131 Å². The molecule has 118 valence electrons. The second kappa shape index (κ2) is 8.29. The third-order valence-electron chi connectivity index (χ3n) is 3.32. The Morgan fingerprint density at radius 3 is 2.33 bits per heavy atom. The lowest BCUT2D eigenvalue weighted by molar-refractivity contribution is 0.0876. The topological polar surface area (TPSA) is 61.4 Å². The normalized spacial score (nSPS) is 13.6. The molecule has 0 aromatic heterocycles.